The summed E-state index contributed by atoms with van der Waals surface area (Å²) in [5.74, 6) is 0.819. The van der Waals surface area contributed by atoms with Gasteiger partial charge in [-0.1, -0.05) is 158 Å². The Morgan fingerprint density at radius 2 is 1.19 bits per heavy atom. The summed E-state index contributed by atoms with van der Waals surface area (Å²) in [5.41, 5.74) is 9.50. The molecule has 0 aromatic heterocycles. The zero-order chi connectivity index (χ0) is 43.6. The van der Waals surface area contributed by atoms with Gasteiger partial charge in [-0.05, 0) is 86.8 Å². The van der Waals surface area contributed by atoms with Crippen LogP contribution in [0.25, 0.3) is 11.1 Å². The molecule has 9 heteroatoms. The van der Waals surface area contributed by atoms with E-state index in [-0.39, 0.29) is 24.9 Å². The molecule has 0 saturated carbocycles. The van der Waals surface area contributed by atoms with Gasteiger partial charge in [0.25, 0.3) is 0 Å². The van der Waals surface area contributed by atoms with E-state index in [1.165, 1.54) is 0 Å². The summed E-state index contributed by atoms with van der Waals surface area (Å²) in [5, 5.41) is 16.9. The molecule has 318 valence electrons. The van der Waals surface area contributed by atoms with Crippen LogP contribution in [0.4, 0.5) is 4.79 Å². The molecule has 2 atom stereocenters. The highest BCUT2D eigenvalue weighted by molar-refractivity contribution is 8.00. The Bertz CT molecular complexity index is 2480. The van der Waals surface area contributed by atoms with Crippen LogP contribution in [0.1, 0.15) is 63.4 Å². The molecule has 0 aliphatic heterocycles. The molecule has 3 N–H and O–H groups in total. The van der Waals surface area contributed by atoms with Crippen LogP contribution in [0.3, 0.4) is 0 Å². The van der Waals surface area contributed by atoms with Crippen molar-refractivity contribution in [3.8, 4) is 22.6 Å². The van der Waals surface area contributed by atoms with Crippen LogP contribution < -0.4 is 20.1 Å². The number of amides is 2. The molecule has 1 unspecified atom stereocenters. The van der Waals surface area contributed by atoms with E-state index in [1.54, 1.807) is 31.0 Å². The largest absolute Gasteiger partial charge is 0.497 e. The average Bonchev–Trinajstić information content (AvgIpc) is 3.66. The Morgan fingerprint density at radius 3 is 1.71 bits per heavy atom. The average molecular weight is 855 g/mol. The van der Waals surface area contributed by atoms with E-state index in [0.717, 1.165) is 44.5 Å². The summed E-state index contributed by atoms with van der Waals surface area (Å²) in [7, 11) is 1.57. The van der Waals surface area contributed by atoms with Crippen molar-refractivity contribution >= 4 is 23.8 Å². The summed E-state index contributed by atoms with van der Waals surface area (Å²) in [6, 6.07) is 58.2. The fraction of sp³-hybridized carbons (Fsp3) is 0.185. The predicted molar refractivity (Wildman–Crippen MR) is 250 cm³/mol. The van der Waals surface area contributed by atoms with Gasteiger partial charge in [-0.25, -0.2) is 4.79 Å². The van der Waals surface area contributed by atoms with E-state index in [1.807, 2.05) is 116 Å². The lowest BCUT2D eigenvalue weighted by atomic mass is 9.84. The molecule has 0 heterocycles. The zero-order valence-corrected chi connectivity index (χ0v) is 36.1. The number of carbonyl (C=O) groups is 2. The second-order valence-electron chi connectivity index (χ2n) is 15.3. The first kappa shape index (κ1) is 42.9. The van der Waals surface area contributed by atoms with Crippen molar-refractivity contribution in [2.24, 2.45) is 0 Å². The van der Waals surface area contributed by atoms with Gasteiger partial charge in [-0.15, -0.1) is 11.8 Å². The second kappa shape index (κ2) is 19.9. The van der Waals surface area contributed by atoms with Crippen molar-refractivity contribution in [1.29, 1.82) is 0 Å². The lowest BCUT2D eigenvalue weighted by Crippen LogP contribution is -2.50. The highest BCUT2D eigenvalue weighted by Crippen LogP contribution is 2.49. The van der Waals surface area contributed by atoms with Gasteiger partial charge in [0, 0.05) is 11.7 Å². The predicted octanol–water partition coefficient (Wildman–Crippen LogP) is 10.4. The fourth-order valence-electron chi connectivity index (χ4n) is 8.58. The third-order valence-corrected chi connectivity index (χ3v) is 13.2. The molecule has 0 radical (unpaired) electrons. The number of rotatable bonds is 17. The molecule has 7 aromatic carbocycles. The van der Waals surface area contributed by atoms with Crippen LogP contribution in [0.2, 0.25) is 0 Å². The number of hydrogen-bond acceptors (Lipinski definition) is 7. The maximum absolute atomic E-state index is 15.1. The number of benzene rings is 7. The molecule has 0 spiro atoms. The number of thioether (sulfide) groups is 1. The minimum atomic E-state index is -1.08. The number of alkyl carbamates (subject to hydrolysis) is 1. The van der Waals surface area contributed by atoms with E-state index in [9.17, 15) is 9.90 Å². The number of carbonyl (C=O) groups excluding carboxylic acids is 2. The maximum Gasteiger partial charge on any atom is 0.407 e. The Balaban J connectivity index is 1.16. The molecule has 1 aliphatic rings. The smallest absolute Gasteiger partial charge is 0.407 e. The quantitative estimate of drug-likeness (QED) is 0.0784. The van der Waals surface area contributed by atoms with Crippen LogP contribution in [-0.2, 0) is 20.9 Å². The zero-order valence-electron chi connectivity index (χ0n) is 35.3. The van der Waals surface area contributed by atoms with Crippen molar-refractivity contribution < 1.29 is 28.9 Å². The summed E-state index contributed by atoms with van der Waals surface area (Å²) in [4.78, 5) is 29.3. The molecule has 0 fully saturated rings. The number of nitrogens with one attached hydrogen (secondary N) is 2. The molecular formula is C54H50N2O6S. The standard InChI is InChI=1S/C54H50N2O6S/c1-3-61-42-29-27-37(28-30-42)51(44-32-31-43(60-2)33-38(44)34-57)56-52(58)50(55-53(59)62-35-49-47-25-15-13-23-45(47)46-24-14-16-26-48(46)49)36-63-54(39-17-7-4-8-18-39,40-19-9-5-10-20-40)41-21-11-6-12-22-41/h4-33,49-51,57H,3,34-36H2,1-2H3,(H,55,59)(H,56,58)/t50-,51?/m0/s1. The van der Waals surface area contributed by atoms with Crippen molar-refractivity contribution in [3.05, 3.63) is 226 Å². The third-order valence-electron chi connectivity index (χ3n) is 11.6. The fourth-order valence-corrected chi connectivity index (χ4v) is 10.1. The van der Waals surface area contributed by atoms with Gasteiger partial charge >= 0.3 is 6.09 Å². The number of fused-ring (bicyclic) bond motifs is 3. The van der Waals surface area contributed by atoms with E-state index < -0.39 is 28.8 Å². The highest BCUT2D eigenvalue weighted by atomic mass is 32.2. The lowest BCUT2D eigenvalue weighted by Gasteiger charge is -2.36. The number of ether oxygens (including phenoxy) is 3. The number of aliphatic hydroxyl groups is 1. The first-order valence-corrected chi connectivity index (χ1v) is 22.1. The van der Waals surface area contributed by atoms with Gasteiger partial charge in [-0.3, -0.25) is 4.79 Å². The van der Waals surface area contributed by atoms with Gasteiger partial charge in [0.15, 0.2) is 0 Å². The molecule has 0 saturated heterocycles. The van der Waals surface area contributed by atoms with Crippen LogP contribution in [0.15, 0.2) is 182 Å². The van der Waals surface area contributed by atoms with Crippen molar-refractivity contribution in [1.82, 2.24) is 10.6 Å². The lowest BCUT2D eigenvalue weighted by molar-refractivity contribution is -0.123. The monoisotopic (exact) mass is 854 g/mol. The normalized spacial score (nSPS) is 12.9. The second-order valence-corrected chi connectivity index (χ2v) is 16.5. The Labute approximate surface area is 373 Å². The number of hydrogen-bond donors (Lipinski definition) is 3. The van der Waals surface area contributed by atoms with E-state index in [0.29, 0.717) is 29.2 Å². The summed E-state index contributed by atoms with van der Waals surface area (Å²) in [6.45, 7) is 2.22. The first-order valence-electron chi connectivity index (χ1n) is 21.2. The minimum absolute atomic E-state index is 0.0871. The molecule has 8 nitrogen and oxygen atoms in total. The van der Waals surface area contributed by atoms with E-state index in [2.05, 4.69) is 71.3 Å². The number of aliphatic hydroxyl groups excluding tert-OH is 1. The van der Waals surface area contributed by atoms with Crippen molar-refractivity contribution in [3.63, 3.8) is 0 Å². The molecule has 1 aliphatic carbocycles. The minimum Gasteiger partial charge on any atom is -0.497 e. The Hall–Kier alpha value is -6.81. The molecule has 2 amide bonds. The van der Waals surface area contributed by atoms with Gasteiger partial charge in [0.1, 0.15) is 24.1 Å². The SMILES string of the molecule is CCOc1ccc(C(NC(=O)[C@H](CSC(c2ccccc2)(c2ccccc2)c2ccccc2)NC(=O)OCC2c3ccccc3-c3ccccc32)c2ccc(OC)cc2CO)cc1. The van der Waals surface area contributed by atoms with Crippen LogP contribution in [0, 0.1) is 0 Å². The van der Waals surface area contributed by atoms with Crippen LogP contribution in [0.5, 0.6) is 11.5 Å². The van der Waals surface area contributed by atoms with Crippen molar-refractivity contribution in [2.45, 2.75) is 36.3 Å². The van der Waals surface area contributed by atoms with Gasteiger partial charge in [0.2, 0.25) is 5.91 Å². The number of methoxy groups -OCH3 is 1. The topological polar surface area (TPSA) is 106 Å². The van der Waals surface area contributed by atoms with Gasteiger partial charge < -0.3 is 30.0 Å². The Kier molecular flexibility index (Phi) is 13.6. The van der Waals surface area contributed by atoms with Crippen LogP contribution in [-0.4, -0.2) is 49.2 Å². The first-order chi connectivity index (χ1) is 30.9. The van der Waals surface area contributed by atoms with E-state index in [4.69, 9.17) is 14.2 Å². The molecule has 8 rings (SSSR count). The van der Waals surface area contributed by atoms with Crippen LogP contribution >= 0.6 is 11.8 Å². The molecule has 63 heavy (non-hydrogen) atoms. The summed E-state index contributed by atoms with van der Waals surface area (Å²) < 4.78 is 16.5. The molecule has 7 aromatic rings. The maximum atomic E-state index is 15.1. The van der Waals surface area contributed by atoms with E-state index >= 15 is 4.79 Å². The summed E-state index contributed by atoms with van der Waals surface area (Å²) >= 11 is 1.57. The van der Waals surface area contributed by atoms with Crippen molar-refractivity contribution in [2.75, 3.05) is 26.1 Å². The molecule has 0 bridgehead atoms. The highest BCUT2D eigenvalue weighted by Gasteiger charge is 2.39. The third kappa shape index (κ3) is 9.21. The Morgan fingerprint density at radius 1 is 0.667 bits per heavy atom. The summed E-state index contributed by atoms with van der Waals surface area (Å²) in [6.07, 6.45) is -0.708. The van der Waals surface area contributed by atoms with Gasteiger partial charge in [-0.2, -0.15) is 0 Å². The molecular weight excluding hydrogens is 805 g/mol. The van der Waals surface area contributed by atoms with Gasteiger partial charge in [0.05, 0.1) is 31.1 Å².